The summed E-state index contributed by atoms with van der Waals surface area (Å²) in [6, 6.07) is 2.59. The first-order chi connectivity index (χ1) is 9.29. The largest absolute Gasteiger partial charge is 0.381 e. The zero-order valence-electron chi connectivity index (χ0n) is 11.6. The van der Waals surface area contributed by atoms with Crippen molar-refractivity contribution in [2.75, 3.05) is 19.8 Å². The fourth-order valence-corrected chi connectivity index (χ4v) is 2.97. The Morgan fingerprint density at radius 1 is 1.42 bits per heavy atom. The summed E-state index contributed by atoms with van der Waals surface area (Å²) in [6.07, 6.45) is 8.54. The molecule has 1 aliphatic heterocycles. The van der Waals surface area contributed by atoms with Gasteiger partial charge in [0.15, 0.2) is 0 Å². The average molecular weight is 327 g/mol. The first-order valence-corrected chi connectivity index (χ1v) is 8.00. The third kappa shape index (κ3) is 4.86. The molecular weight excluding hydrogens is 304 g/mol. The highest BCUT2D eigenvalue weighted by Gasteiger charge is 2.20. The second-order valence-corrected chi connectivity index (χ2v) is 6.15. The minimum absolute atomic E-state index is 0.410. The van der Waals surface area contributed by atoms with Crippen LogP contribution in [0, 0.1) is 5.92 Å². The summed E-state index contributed by atoms with van der Waals surface area (Å²) in [5.74, 6) is 0.766. The molecule has 1 N–H and O–H groups in total. The van der Waals surface area contributed by atoms with Gasteiger partial charge in [0.1, 0.15) is 0 Å². The van der Waals surface area contributed by atoms with Gasteiger partial charge in [-0.25, -0.2) is 0 Å². The van der Waals surface area contributed by atoms with Gasteiger partial charge in [-0.2, -0.15) is 0 Å². The molecule has 0 aliphatic carbocycles. The lowest BCUT2D eigenvalue weighted by Gasteiger charge is -2.27. The number of halogens is 1. The molecule has 4 heteroatoms. The van der Waals surface area contributed by atoms with E-state index < -0.39 is 0 Å². The van der Waals surface area contributed by atoms with Crippen LogP contribution < -0.4 is 5.32 Å². The van der Waals surface area contributed by atoms with Crippen LogP contribution in [0.2, 0.25) is 0 Å². The minimum Gasteiger partial charge on any atom is -0.381 e. The fraction of sp³-hybridized carbons (Fsp3) is 0.667. The summed E-state index contributed by atoms with van der Waals surface area (Å²) >= 11 is 3.51. The SMILES string of the molecule is CCCNC(CC1CCOCC1)c1cncc(Br)c1. The van der Waals surface area contributed by atoms with Gasteiger partial charge in [0.25, 0.3) is 0 Å². The van der Waals surface area contributed by atoms with Gasteiger partial charge >= 0.3 is 0 Å². The Labute approximate surface area is 124 Å². The van der Waals surface area contributed by atoms with Crippen molar-refractivity contribution in [2.45, 2.75) is 38.6 Å². The Bertz CT molecular complexity index is 380. The maximum atomic E-state index is 5.45. The molecule has 0 amide bonds. The molecule has 0 bridgehead atoms. The Morgan fingerprint density at radius 3 is 2.89 bits per heavy atom. The second kappa shape index (κ2) is 7.98. The molecule has 0 aromatic carbocycles. The molecule has 1 aromatic heterocycles. The lowest BCUT2D eigenvalue weighted by Crippen LogP contribution is -2.27. The molecule has 0 saturated carbocycles. The number of pyridine rings is 1. The minimum atomic E-state index is 0.410. The van der Waals surface area contributed by atoms with E-state index in [9.17, 15) is 0 Å². The molecule has 1 aliphatic rings. The van der Waals surface area contributed by atoms with Gasteiger partial charge in [-0.3, -0.25) is 4.98 Å². The van der Waals surface area contributed by atoms with Crippen LogP contribution in [-0.2, 0) is 4.74 Å². The van der Waals surface area contributed by atoms with Gasteiger partial charge in [0, 0.05) is 36.1 Å². The van der Waals surface area contributed by atoms with Crippen LogP contribution >= 0.6 is 15.9 Å². The number of ether oxygens (including phenoxy) is 1. The smallest absolute Gasteiger partial charge is 0.0468 e. The van der Waals surface area contributed by atoms with Crippen molar-refractivity contribution in [2.24, 2.45) is 5.92 Å². The van der Waals surface area contributed by atoms with Crippen LogP contribution in [0.15, 0.2) is 22.9 Å². The molecule has 1 aromatic rings. The van der Waals surface area contributed by atoms with E-state index in [-0.39, 0.29) is 0 Å². The molecule has 3 nitrogen and oxygen atoms in total. The van der Waals surface area contributed by atoms with Crippen molar-refractivity contribution in [3.63, 3.8) is 0 Å². The Hall–Kier alpha value is -0.450. The molecule has 1 fully saturated rings. The van der Waals surface area contributed by atoms with E-state index in [1.165, 1.54) is 24.8 Å². The summed E-state index contributed by atoms with van der Waals surface area (Å²) in [5.41, 5.74) is 1.29. The van der Waals surface area contributed by atoms with Crippen LogP contribution in [0.25, 0.3) is 0 Å². The molecule has 1 unspecified atom stereocenters. The summed E-state index contributed by atoms with van der Waals surface area (Å²) in [6.45, 7) is 5.10. The Balaban J connectivity index is 2.01. The third-order valence-corrected chi connectivity index (χ3v) is 4.11. The van der Waals surface area contributed by atoms with Crippen molar-refractivity contribution in [1.29, 1.82) is 0 Å². The van der Waals surface area contributed by atoms with E-state index in [0.717, 1.165) is 36.6 Å². The van der Waals surface area contributed by atoms with Gasteiger partial charge in [0.05, 0.1) is 0 Å². The van der Waals surface area contributed by atoms with E-state index in [1.807, 2.05) is 12.4 Å². The monoisotopic (exact) mass is 326 g/mol. The van der Waals surface area contributed by atoms with Crippen molar-refractivity contribution in [1.82, 2.24) is 10.3 Å². The number of hydrogen-bond acceptors (Lipinski definition) is 3. The predicted molar refractivity (Wildman–Crippen MR) is 81.1 cm³/mol. The van der Waals surface area contributed by atoms with E-state index >= 15 is 0 Å². The number of aromatic nitrogens is 1. The number of nitrogens with zero attached hydrogens (tertiary/aromatic N) is 1. The van der Waals surface area contributed by atoms with Gasteiger partial charge in [-0.1, -0.05) is 6.92 Å². The molecule has 1 atom stereocenters. The lowest BCUT2D eigenvalue weighted by molar-refractivity contribution is 0.0605. The average Bonchev–Trinajstić information content (AvgIpc) is 2.44. The highest BCUT2D eigenvalue weighted by molar-refractivity contribution is 9.10. The van der Waals surface area contributed by atoms with Crippen LogP contribution in [0.1, 0.15) is 44.2 Å². The van der Waals surface area contributed by atoms with Crippen molar-refractivity contribution in [3.8, 4) is 0 Å². The lowest BCUT2D eigenvalue weighted by atomic mass is 9.90. The van der Waals surface area contributed by atoms with Crippen LogP contribution in [0.4, 0.5) is 0 Å². The van der Waals surface area contributed by atoms with Crippen molar-refractivity contribution >= 4 is 15.9 Å². The van der Waals surface area contributed by atoms with Crippen LogP contribution in [0.3, 0.4) is 0 Å². The molecule has 2 rings (SSSR count). The van der Waals surface area contributed by atoms with Crippen LogP contribution in [-0.4, -0.2) is 24.7 Å². The highest BCUT2D eigenvalue weighted by Crippen LogP contribution is 2.28. The van der Waals surface area contributed by atoms with Gasteiger partial charge in [-0.05, 0) is 65.7 Å². The van der Waals surface area contributed by atoms with E-state index in [4.69, 9.17) is 4.74 Å². The van der Waals surface area contributed by atoms with Crippen molar-refractivity contribution in [3.05, 3.63) is 28.5 Å². The molecule has 0 spiro atoms. The molecule has 1 saturated heterocycles. The summed E-state index contributed by atoms with van der Waals surface area (Å²) in [4.78, 5) is 4.29. The molecule has 2 heterocycles. The topological polar surface area (TPSA) is 34.1 Å². The van der Waals surface area contributed by atoms with Gasteiger partial charge < -0.3 is 10.1 Å². The predicted octanol–water partition coefficient (Wildman–Crippen LogP) is 3.70. The standard InChI is InChI=1S/C15H23BrN2O/c1-2-5-18-15(8-12-3-6-19-7-4-12)13-9-14(16)11-17-10-13/h9-12,15,18H,2-8H2,1H3. The number of rotatable bonds is 6. The fourth-order valence-electron chi connectivity index (χ4n) is 2.59. The summed E-state index contributed by atoms with van der Waals surface area (Å²) < 4.78 is 6.50. The number of hydrogen-bond donors (Lipinski definition) is 1. The quantitative estimate of drug-likeness (QED) is 0.865. The van der Waals surface area contributed by atoms with Crippen LogP contribution in [0.5, 0.6) is 0 Å². The Kier molecular flexibility index (Phi) is 6.28. The maximum absolute atomic E-state index is 5.45. The second-order valence-electron chi connectivity index (χ2n) is 5.23. The van der Waals surface area contributed by atoms with E-state index in [1.54, 1.807) is 0 Å². The number of nitrogens with one attached hydrogen (secondary N) is 1. The molecule has 0 radical (unpaired) electrons. The van der Waals surface area contributed by atoms with E-state index in [0.29, 0.717) is 6.04 Å². The molecule has 19 heavy (non-hydrogen) atoms. The van der Waals surface area contributed by atoms with Gasteiger partial charge in [0.2, 0.25) is 0 Å². The van der Waals surface area contributed by atoms with E-state index in [2.05, 4.69) is 39.2 Å². The highest BCUT2D eigenvalue weighted by atomic mass is 79.9. The van der Waals surface area contributed by atoms with Crippen molar-refractivity contribution < 1.29 is 4.74 Å². The summed E-state index contributed by atoms with van der Waals surface area (Å²) in [5, 5.41) is 3.66. The summed E-state index contributed by atoms with van der Waals surface area (Å²) in [7, 11) is 0. The first-order valence-electron chi connectivity index (χ1n) is 7.21. The first kappa shape index (κ1) is 14.9. The molecular formula is C15H23BrN2O. The Morgan fingerprint density at radius 2 is 2.21 bits per heavy atom. The normalized spacial score (nSPS) is 18.4. The zero-order chi connectivity index (χ0) is 13.5. The third-order valence-electron chi connectivity index (χ3n) is 3.68. The molecule has 106 valence electrons. The zero-order valence-corrected chi connectivity index (χ0v) is 13.2. The maximum Gasteiger partial charge on any atom is 0.0468 e. The van der Waals surface area contributed by atoms with Gasteiger partial charge in [-0.15, -0.1) is 0 Å².